The van der Waals surface area contributed by atoms with Crippen LogP contribution < -0.4 is 0 Å². The summed E-state index contributed by atoms with van der Waals surface area (Å²) in [7, 11) is 0. The summed E-state index contributed by atoms with van der Waals surface area (Å²) in [6.45, 7) is 2.36. The van der Waals surface area contributed by atoms with Crippen molar-refractivity contribution in [3.8, 4) is 17.0 Å². The minimum absolute atomic E-state index is 0.0141. The van der Waals surface area contributed by atoms with E-state index in [9.17, 15) is 24.2 Å². The first-order valence-electron chi connectivity index (χ1n) is 8.82. The average Bonchev–Trinajstić information content (AvgIpc) is 3.26. The molecule has 1 aromatic carbocycles. The van der Waals surface area contributed by atoms with Crippen LogP contribution in [0.3, 0.4) is 0 Å². The molecule has 0 saturated carbocycles. The summed E-state index contributed by atoms with van der Waals surface area (Å²) in [4.78, 5) is 23.6. The van der Waals surface area contributed by atoms with Crippen LogP contribution in [0, 0.1) is 0 Å². The summed E-state index contributed by atoms with van der Waals surface area (Å²) in [6.07, 6.45) is 0.236. The molecule has 0 fully saturated rings. The van der Waals surface area contributed by atoms with Gasteiger partial charge in [-0.1, -0.05) is 16.8 Å². The highest BCUT2D eigenvalue weighted by Gasteiger charge is 2.26. The van der Waals surface area contributed by atoms with Crippen LogP contribution in [0.15, 0.2) is 41.2 Å². The number of halogens is 2. The Morgan fingerprint density at radius 3 is 2.59 bits per heavy atom. The van der Waals surface area contributed by atoms with Crippen molar-refractivity contribution in [3.05, 3.63) is 58.6 Å². The van der Waals surface area contributed by atoms with E-state index in [0.29, 0.717) is 12.1 Å². The SMILES string of the molecule is CCn1cc(CC(=O)C(F)Cc2onc(-c3ccc(O)cc3)c2Cl)c(C(=O)O)c1. The number of rotatable bonds is 8. The van der Waals surface area contributed by atoms with Gasteiger partial charge in [-0.3, -0.25) is 4.79 Å². The number of carbonyl (C=O) groups is 2. The monoisotopic (exact) mass is 420 g/mol. The van der Waals surface area contributed by atoms with Gasteiger partial charge in [0.1, 0.15) is 16.5 Å². The number of carboxylic acid groups (broad SMARTS) is 1. The zero-order valence-electron chi connectivity index (χ0n) is 15.4. The number of aryl methyl sites for hydroxylation is 1. The molecule has 0 amide bonds. The van der Waals surface area contributed by atoms with E-state index >= 15 is 0 Å². The van der Waals surface area contributed by atoms with E-state index < -0.39 is 24.3 Å². The van der Waals surface area contributed by atoms with Gasteiger partial charge < -0.3 is 19.3 Å². The number of alkyl halides is 1. The molecule has 0 aliphatic carbocycles. The molecular weight excluding hydrogens is 403 g/mol. The maximum atomic E-state index is 14.6. The predicted octanol–water partition coefficient (Wildman–Crippen LogP) is 3.91. The molecule has 0 aliphatic rings. The van der Waals surface area contributed by atoms with Crippen LogP contribution in [0.5, 0.6) is 5.75 Å². The molecule has 2 aromatic heterocycles. The van der Waals surface area contributed by atoms with E-state index in [-0.39, 0.29) is 39.8 Å². The Bertz CT molecular complexity index is 1040. The Morgan fingerprint density at radius 1 is 1.28 bits per heavy atom. The molecule has 0 bridgehead atoms. The normalized spacial score (nSPS) is 12.1. The molecule has 0 aliphatic heterocycles. The van der Waals surface area contributed by atoms with Gasteiger partial charge in [0.2, 0.25) is 0 Å². The van der Waals surface area contributed by atoms with Crippen molar-refractivity contribution in [1.82, 2.24) is 9.72 Å². The second kappa shape index (κ2) is 8.48. The molecule has 7 nitrogen and oxygen atoms in total. The number of Topliss-reactive ketones (excluding diaryl/α,β-unsaturated/α-hetero) is 1. The Kier molecular flexibility index (Phi) is 6.03. The van der Waals surface area contributed by atoms with Crippen molar-refractivity contribution >= 4 is 23.4 Å². The first-order chi connectivity index (χ1) is 13.8. The zero-order valence-corrected chi connectivity index (χ0v) is 16.2. The quantitative estimate of drug-likeness (QED) is 0.572. The smallest absolute Gasteiger partial charge is 0.337 e. The van der Waals surface area contributed by atoms with Gasteiger partial charge in [-0.2, -0.15) is 0 Å². The van der Waals surface area contributed by atoms with Crippen LogP contribution in [-0.2, 0) is 24.2 Å². The number of phenolic OH excluding ortho intramolecular Hbond substituents is 1. The van der Waals surface area contributed by atoms with Crippen LogP contribution in [-0.4, -0.2) is 37.9 Å². The van der Waals surface area contributed by atoms with E-state index in [0.717, 1.165) is 0 Å². The molecule has 1 atom stereocenters. The van der Waals surface area contributed by atoms with Crippen molar-refractivity contribution in [2.24, 2.45) is 0 Å². The van der Waals surface area contributed by atoms with E-state index in [1.807, 2.05) is 6.92 Å². The molecule has 3 aromatic rings. The molecule has 2 heterocycles. The number of aromatic carboxylic acids is 1. The average molecular weight is 421 g/mol. The lowest BCUT2D eigenvalue weighted by Crippen LogP contribution is -2.21. The fourth-order valence-electron chi connectivity index (χ4n) is 2.89. The Labute approximate surface area is 170 Å². The van der Waals surface area contributed by atoms with Crippen LogP contribution in [0.1, 0.15) is 28.6 Å². The van der Waals surface area contributed by atoms with E-state index in [4.69, 9.17) is 16.1 Å². The molecule has 2 N–H and O–H groups in total. The van der Waals surface area contributed by atoms with E-state index in [2.05, 4.69) is 5.16 Å². The number of nitrogens with zero attached hydrogens (tertiary/aromatic N) is 2. The number of hydrogen-bond donors (Lipinski definition) is 2. The summed E-state index contributed by atoms with van der Waals surface area (Å²) in [5.74, 6) is -1.87. The number of carboxylic acids is 1. The minimum Gasteiger partial charge on any atom is -0.508 e. The number of aromatic hydroxyl groups is 1. The summed E-state index contributed by atoms with van der Waals surface area (Å²) >= 11 is 6.22. The van der Waals surface area contributed by atoms with Gasteiger partial charge in [-0.25, -0.2) is 9.18 Å². The molecule has 0 saturated heterocycles. The maximum Gasteiger partial charge on any atom is 0.337 e. The fourth-order valence-corrected chi connectivity index (χ4v) is 3.14. The highest BCUT2D eigenvalue weighted by atomic mass is 35.5. The molecule has 3 rings (SSSR count). The standard InChI is InChI=1S/C20H18ClFN2O5/c1-2-24-9-12(14(10-24)20(27)28)7-16(26)15(22)8-17-18(21)19(23-29-17)11-3-5-13(25)6-4-11/h3-6,9-10,15,25H,2,7-8H2,1H3,(H,27,28). The summed E-state index contributed by atoms with van der Waals surface area (Å²) in [5.41, 5.74) is 1.06. The van der Waals surface area contributed by atoms with Crippen LogP contribution in [0.2, 0.25) is 5.02 Å². The lowest BCUT2D eigenvalue weighted by Gasteiger charge is -2.06. The van der Waals surface area contributed by atoms with Gasteiger partial charge in [-0.05, 0) is 36.8 Å². The molecular formula is C20H18ClFN2O5. The summed E-state index contributed by atoms with van der Waals surface area (Å²) in [5, 5.41) is 22.5. The molecule has 0 radical (unpaired) electrons. The lowest BCUT2D eigenvalue weighted by atomic mass is 10.0. The predicted molar refractivity (Wildman–Crippen MR) is 103 cm³/mol. The second-order valence-corrected chi connectivity index (χ2v) is 6.84. The number of aromatic nitrogens is 2. The third-order valence-corrected chi connectivity index (χ3v) is 4.87. The van der Waals surface area contributed by atoms with Crippen molar-refractivity contribution in [2.45, 2.75) is 32.5 Å². The topological polar surface area (TPSA) is 106 Å². The highest BCUT2D eigenvalue weighted by molar-refractivity contribution is 6.33. The number of ketones is 1. The van der Waals surface area contributed by atoms with E-state index in [1.54, 1.807) is 16.7 Å². The Hall–Kier alpha value is -3.13. The minimum atomic E-state index is -1.93. The number of hydrogen-bond acceptors (Lipinski definition) is 5. The first-order valence-corrected chi connectivity index (χ1v) is 9.20. The fraction of sp³-hybridized carbons (Fsp3) is 0.250. The van der Waals surface area contributed by atoms with E-state index in [1.165, 1.54) is 24.5 Å². The second-order valence-electron chi connectivity index (χ2n) is 6.46. The highest BCUT2D eigenvalue weighted by Crippen LogP contribution is 2.32. The van der Waals surface area contributed by atoms with Gasteiger partial charge in [0.15, 0.2) is 17.7 Å². The van der Waals surface area contributed by atoms with Crippen molar-refractivity contribution in [1.29, 1.82) is 0 Å². The van der Waals surface area contributed by atoms with Crippen molar-refractivity contribution in [2.75, 3.05) is 0 Å². The third kappa shape index (κ3) is 4.48. The Morgan fingerprint density at radius 2 is 1.97 bits per heavy atom. The van der Waals surface area contributed by atoms with Crippen molar-refractivity contribution in [3.63, 3.8) is 0 Å². The molecule has 29 heavy (non-hydrogen) atoms. The summed E-state index contributed by atoms with van der Waals surface area (Å²) < 4.78 is 21.3. The van der Waals surface area contributed by atoms with Crippen LogP contribution >= 0.6 is 11.6 Å². The third-order valence-electron chi connectivity index (χ3n) is 4.48. The van der Waals surface area contributed by atoms with Crippen molar-refractivity contribution < 1.29 is 28.7 Å². The van der Waals surface area contributed by atoms with Crippen LogP contribution in [0.25, 0.3) is 11.3 Å². The number of benzene rings is 1. The van der Waals surface area contributed by atoms with Gasteiger partial charge in [0.05, 0.1) is 5.56 Å². The summed E-state index contributed by atoms with van der Waals surface area (Å²) in [6, 6.07) is 6.05. The molecule has 152 valence electrons. The van der Waals surface area contributed by atoms with Gasteiger partial charge in [0, 0.05) is 37.3 Å². The van der Waals surface area contributed by atoms with Gasteiger partial charge >= 0.3 is 5.97 Å². The molecule has 9 heteroatoms. The molecule has 1 unspecified atom stereocenters. The number of carbonyl (C=O) groups excluding carboxylic acids is 1. The number of phenols is 1. The largest absolute Gasteiger partial charge is 0.508 e. The Balaban J connectivity index is 1.73. The lowest BCUT2D eigenvalue weighted by molar-refractivity contribution is -0.123. The van der Waals surface area contributed by atoms with Crippen LogP contribution in [0.4, 0.5) is 4.39 Å². The van der Waals surface area contributed by atoms with Gasteiger partial charge in [-0.15, -0.1) is 0 Å². The molecule has 0 spiro atoms. The first kappa shape index (κ1) is 20.6. The van der Waals surface area contributed by atoms with Gasteiger partial charge in [0.25, 0.3) is 0 Å². The maximum absolute atomic E-state index is 14.6. The zero-order chi connectivity index (χ0) is 21.1.